The molecule has 0 bridgehead atoms. The SMILES string of the molecule is Cc1c(O[C@@H]2O[C@H](CO)[C@@H](O)[C@H](O)[C@H]2O)cc2c(c1O)C(=O)[C@H](O)[C@H](c1ccc(O)cc1)O2. The van der Waals surface area contributed by atoms with Crippen LogP contribution in [-0.2, 0) is 4.74 Å². The quantitative estimate of drug-likeness (QED) is 0.302. The summed E-state index contributed by atoms with van der Waals surface area (Å²) >= 11 is 0. The largest absolute Gasteiger partial charge is 0.508 e. The molecule has 11 nitrogen and oxygen atoms in total. The lowest BCUT2D eigenvalue weighted by Gasteiger charge is -2.40. The highest BCUT2D eigenvalue weighted by molar-refractivity contribution is 6.06. The summed E-state index contributed by atoms with van der Waals surface area (Å²) in [6.45, 7) is 0.768. The molecule has 0 saturated carbocycles. The summed E-state index contributed by atoms with van der Waals surface area (Å²) < 4.78 is 16.7. The molecule has 33 heavy (non-hydrogen) atoms. The number of benzene rings is 2. The Morgan fingerprint density at radius 2 is 1.67 bits per heavy atom. The molecular weight excluding hydrogens is 440 g/mol. The van der Waals surface area contributed by atoms with E-state index in [2.05, 4.69) is 0 Å². The zero-order valence-electron chi connectivity index (χ0n) is 17.4. The van der Waals surface area contributed by atoms with Gasteiger partial charge in [0, 0.05) is 11.6 Å². The molecule has 0 radical (unpaired) electrons. The molecule has 4 rings (SSSR count). The molecule has 2 aromatic rings. The summed E-state index contributed by atoms with van der Waals surface area (Å²) in [6.07, 6.45) is -10.4. The summed E-state index contributed by atoms with van der Waals surface area (Å²) in [5, 5.41) is 70.1. The highest BCUT2D eigenvalue weighted by atomic mass is 16.7. The Morgan fingerprint density at radius 1 is 1.00 bits per heavy atom. The minimum absolute atomic E-state index is 0.0146. The topological polar surface area (TPSA) is 186 Å². The van der Waals surface area contributed by atoms with Gasteiger partial charge >= 0.3 is 0 Å². The zero-order valence-corrected chi connectivity index (χ0v) is 17.4. The Kier molecular flexibility index (Phi) is 6.18. The van der Waals surface area contributed by atoms with Crippen LogP contribution in [0.1, 0.15) is 27.6 Å². The van der Waals surface area contributed by atoms with Crippen LogP contribution < -0.4 is 9.47 Å². The number of rotatable bonds is 4. The second kappa shape index (κ2) is 8.78. The van der Waals surface area contributed by atoms with Gasteiger partial charge in [-0.25, -0.2) is 0 Å². The summed E-state index contributed by atoms with van der Waals surface area (Å²) in [7, 11) is 0. The molecule has 11 heteroatoms. The number of carbonyl (C=O) groups excluding carboxylic acids is 1. The van der Waals surface area contributed by atoms with Crippen LogP contribution >= 0.6 is 0 Å². The first-order valence-corrected chi connectivity index (χ1v) is 10.2. The molecule has 1 fully saturated rings. The summed E-state index contributed by atoms with van der Waals surface area (Å²) in [5.74, 6) is -1.48. The van der Waals surface area contributed by atoms with Crippen LogP contribution in [0.3, 0.4) is 0 Å². The molecular formula is C22H24O11. The summed E-state index contributed by atoms with van der Waals surface area (Å²) in [4.78, 5) is 12.8. The van der Waals surface area contributed by atoms with Crippen LogP contribution in [-0.4, -0.2) is 84.9 Å². The molecule has 2 aromatic carbocycles. The van der Waals surface area contributed by atoms with Gasteiger partial charge in [0.05, 0.1) is 6.61 Å². The van der Waals surface area contributed by atoms with E-state index in [0.717, 1.165) is 0 Å². The van der Waals surface area contributed by atoms with E-state index in [1.54, 1.807) is 0 Å². The smallest absolute Gasteiger partial charge is 0.229 e. The lowest BCUT2D eigenvalue weighted by Crippen LogP contribution is -2.60. The van der Waals surface area contributed by atoms with E-state index >= 15 is 0 Å². The number of aromatic hydroxyl groups is 2. The number of carbonyl (C=O) groups is 1. The molecule has 2 aliphatic rings. The van der Waals surface area contributed by atoms with Gasteiger partial charge in [0.2, 0.25) is 12.1 Å². The average Bonchev–Trinajstić information content (AvgIpc) is 2.80. The first-order valence-electron chi connectivity index (χ1n) is 10.2. The fourth-order valence-corrected chi connectivity index (χ4v) is 3.86. The highest BCUT2D eigenvalue weighted by Gasteiger charge is 2.45. The number of Topliss-reactive ketones (excluding diaryl/α,β-unsaturated/α-hetero) is 1. The Hall–Kier alpha value is -2.93. The number of aliphatic hydroxyl groups excluding tert-OH is 5. The predicted molar refractivity (Wildman–Crippen MR) is 109 cm³/mol. The van der Waals surface area contributed by atoms with Crippen molar-refractivity contribution in [2.45, 2.75) is 49.8 Å². The van der Waals surface area contributed by atoms with Gasteiger partial charge in [-0.05, 0) is 24.6 Å². The van der Waals surface area contributed by atoms with Crippen LogP contribution in [0, 0.1) is 6.92 Å². The normalized spacial score (nSPS) is 31.6. The molecule has 1 saturated heterocycles. The molecule has 178 valence electrons. The molecule has 2 heterocycles. The molecule has 0 spiro atoms. The Balaban J connectivity index is 1.68. The van der Waals surface area contributed by atoms with Gasteiger partial charge in [-0.1, -0.05) is 12.1 Å². The third-order valence-electron chi connectivity index (χ3n) is 5.84. The third-order valence-corrected chi connectivity index (χ3v) is 5.84. The molecule has 2 aliphatic heterocycles. The minimum atomic E-state index is -1.69. The number of hydrogen-bond acceptors (Lipinski definition) is 11. The first kappa shape index (κ1) is 23.2. The molecule has 0 aromatic heterocycles. The molecule has 0 amide bonds. The van der Waals surface area contributed by atoms with Crippen molar-refractivity contribution < 1.29 is 54.8 Å². The van der Waals surface area contributed by atoms with Gasteiger partial charge in [-0.3, -0.25) is 4.79 Å². The minimum Gasteiger partial charge on any atom is -0.508 e. The van der Waals surface area contributed by atoms with Crippen molar-refractivity contribution in [1.82, 2.24) is 0 Å². The van der Waals surface area contributed by atoms with E-state index in [0.29, 0.717) is 5.56 Å². The Labute approximate surface area is 187 Å². The van der Waals surface area contributed by atoms with Gasteiger partial charge in [0.15, 0.2) is 12.2 Å². The van der Waals surface area contributed by atoms with Crippen LogP contribution in [0.25, 0.3) is 0 Å². The van der Waals surface area contributed by atoms with Crippen LogP contribution in [0.4, 0.5) is 0 Å². The number of ether oxygens (including phenoxy) is 3. The Bertz CT molecular complexity index is 1040. The fourth-order valence-electron chi connectivity index (χ4n) is 3.86. The van der Waals surface area contributed by atoms with Gasteiger partial charge in [-0.15, -0.1) is 0 Å². The maximum absolute atomic E-state index is 12.8. The Morgan fingerprint density at radius 3 is 2.30 bits per heavy atom. The van der Waals surface area contributed by atoms with E-state index < -0.39 is 61.1 Å². The lowest BCUT2D eigenvalue weighted by atomic mass is 9.91. The zero-order chi connectivity index (χ0) is 24.0. The number of phenols is 2. The average molecular weight is 464 g/mol. The van der Waals surface area contributed by atoms with Crippen molar-refractivity contribution in [3.05, 3.63) is 47.0 Å². The summed E-state index contributed by atoms with van der Waals surface area (Å²) in [5.41, 5.74) is 0.213. The lowest BCUT2D eigenvalue weighted by molar-refractivity contribution is -0.277. The molecule has 0 aliphatic carbocycles. The number of aliphatic hydroxyl groups is 5. The van der Waals surface area contributed by atoms with Crippen molar-refractivity contribution in [1.29, 1.82) is 0 Å². The van der Waals surface area contributed by atoms with Crippen LogP contribution in [0.5, 0.6) is 23.0 Å². The van der Waals surface area contributed by atoms with E-state index in [1.165, 1.54) is 37.3 Å². The monoisotopic (exact) mass is 464 g/mol. The maximum atomic E-state index is 12.8. The van der Waals surface area contributed by atoms with Gasteiger partial charge < -0.3 is 50.0 Å². The predicted octanol–water partition coefficient (Wildman–Crippen LogP) is -0.738. The third kappa shape index (κ3) is 3.99. The van der Waals surface area contributed by atoms with Crippen molar-refractivity contribution in [3.8, 4) is 23.0 Å². The van der Waals surface area contributed by atoms with Crippen LogP contribution in [0.15, 0.2) is 30.3 Å². The maximum Gasteiger partial charge on any atom is 0.229 e. The van der Waals surface area contributed by atoms with E-state index in [1.807, 2.05) is 0 Å². The number of fused-ring (bicyclic) bond motifs is 1. The standard InChI is InChI=1S/C22H24O11/c1-8-11(32-22-20(30)18(28)16(26)13(7-23)33-22)6-12-14(15(8)25)17(27)19(29)21(31-12)9-2-4-10(24)5-3-9/h2-6,13,16,18-26,28-30H,7H2,1H3/t13-,16-,18+,19+,20-,21+,22-/m1/s1. The molecule has 7 N–H and O–H groups in total. The highest BCUT2D eigenvalue weighted by Crippen LogP contribution is 2.45. The van der Waals surface area contributed by atoms with Gasteiger partial charge in [-0.2, -0.15) is 0 Å². The first-order chi connectivity index (χ1) is 15.6. The van der Waals surface area contributed by atoms with Crippen molar-refractivity contribution in [2.75, 3.05) is 6.61 Å². The number of phenolic OH excluding ortho intramolecular Hbond substituents is 2. The van der Waals surface area contributed by atoms with Crippen molar-refractivity contribution in [3.63, 3.8) is 0 Å². The fraction of sp³-hybridized carbons (Fsp3) is 0.409. The van der Waals surface area contributed by atoms with Gasteiger partial charge in [0.1, 0.15) is 53.0 Å². The second-order valence-electron chi connectivity index (χ2n) is 7.98. The summed E-state index contributed by atoms with van der Waals surface area (Å²) in [6, 6.07) is 6.95. The van der Waals surface area contributed by atoms with E-state index in [4.69, 9.17) is 14.2 Å². The van der Waals surface area contributed by atoms with E-state index in [9.17, 15) is 40.5 Å². The molecule has 7 atom stereocenters. The van der Waals surface area contributed by atoms with Crippen molar-refractivity contribution >= 4 is 5.78 Å². The number of ketones is 1. The second-order valence-corrected chi connectivity index (χ2v) is 7.98. The van der Waals surface area contributed by atoms with Gasteiger partial charge in [0.25, 0.3) is 0 Å². The number of hydrogen-bond donors (Lipinski definition) is 7. The molecule has 0 unspecified atom stereocenters. The van der Waals surface area contributed by atoms with E-state index in [-0.39, 0.29) is 28.4 Å². The van der Waals surface area contributed by atoms with Crippen molar-refractivity contribution in [2.24, 2.45) is 0 Å². The van der Waals surface area contributed by atoms with Crippen LogP contribution in [0.2, 0.25) is 0 Å².